The predicted octanol–water partition coefficient (Wildman–Crippen LogP) is 1.98. The largest absolute Gasteiger partial charge is 0.495 e. The van der Waals surface area contributed by atoms with Gasteiger partial charge in [0.1, 0.15) is 5.75 Å². The number of carbonyl (C=O) groups excluding carboxylic acids is 2. The molecular weight excluding hydrogens is 314 g/mol. The van der Waals surface area contributed by atoms with E-state index in [1.165, 1.54) is 7.11 Å². The van der Waals surface area contributed by atoms with Gasteiger partial charge < -0.3 is 14.4 Å². The van der Waals surface area contributed by atoms with Gasteiger partial charge in [-0.15, -0.1) is 0 Å². The van der Waals surface area contributed by atoms with Gasteiger partial charge in [-0.05, 0) is 18.2 Å². The minimum atomic E-state index is -0.416. The zero-order valence-corrected chi connectivity index (χ0v) is 12.3. The van der Waals surface area contributed by atoms with E-state index in [-0.39, 0.29) is 18.3 Å². The smallest absolute Gasteiger partial charge is 0.311 e. The van der Waals surface area contributed by atoms with Crippen LogP contribution in [0.15, 0.2) is 22.7 Å². The van der Waals surface area contributed by atoms with Crippen molar-refractivity contribution in [2.45, 2.75) is 6.42 Å². The Morgan fingerprint density at radius 1 is 1.42 bits per heavy atom. The SMILES string of the molecule is COC(=O)C1CC(=O)N(c2cc(Br)ccc2OC)C1. The van der Waals surface area contributed by atoms with Crippen molar-refractivity contribution in [3.63, 3.8) is 0 Å². The van der Waals surface area contributed by atoms with Gasteiger partial charge in [0.05, 0.1) is 25.8 Å². The molecule has 1 aromatic carbocycles. The van der Waals surface area contributed by atoms with Crippen LogP contribution in [0.3, 0.4) is 0 Å². The number of anilines is 1. The Bertz CT molecular complexity index is 517. The molecule has 1 aliphatic rings. The fraction of sp³-hybridized carbons (Fsp3) is 0.385. The Balaban J connectivity index is 2.30. The number of ether oxygens (including phenoxy) is 2. The van der Waals surface area contributed by atoms with Gasteiger partial charge in [-0.1, -0.05) is 15.9 Å². The molecule has 0 aromatic heterocycles. The van der Waals surface area contributed by atoms with Crippen molar-refractivity contribution in [3.05, 3.63) is 22.7 Å². The first kappa shape index (κ1) is 13.9. The van der Waals surface area contributed by atoms with Gasteiger partial charge in [-0.2, -0.15) is 0 Å². The van der Waals surface area contributed by atoms with E-state index in [0.717, 1.165) is 4.47 Å². The summed E-state index contributed by atoms with van der Waals surface area (Å²) in [5.74, 6) is -0.278. The Morgan fingerprint density at radius 3 is 2.79 bits per heavy atom. The van der Waals surface area contributed by atoms with Crippen molar-refractivity contribution >= 4 is 33.5 Å². The van der Waals surface area contributed by atoms with Gasteiger partial charge in [0, 0.05) is 17.4 Å². The summed E-state index contributed by atoms with van der Waals surface area (Å²) in [5.41, 5.74) is 0.660. The number of carbonyl (C=O) groups is 2. The van der Waals surface area contributed by atoms with Gasteiger partial charge in [-0.3, -0.25) is 9.59 Å². The van der Waals surface area contributed by atoms with Crippen LogP contribution in [0.1, 0.15) is 6.42 Å². The summed E-state index contributed by atoms with van der Waals surface area (Å²) < 4.78 is 10.8. The van der Waals surface area contributed by atoms with E-state index in [1.54, 1.807) is 24.1 Å². The maximum atomic E-state index is 12.0. The summed E-state index contributed by atoms with van der Waals surface area (Å²) in [6.07, 6.45) is 0.169. The van der Waals surface area contributed by atoms with Crippen LogP contribution in [0.2, 0.25) is 0 Å². The van der Waals surface area contributed by atoms with Crippen LogP contribution in [0.4, 0.5) is 5.69 Å². The Labute approximate surface area is 119 Å². The number of nitrogens with zero attached hydrogens (tertiary/aromatic N) is 1. The molecule has 102 valence electrons. The van der Waals surface area contributed by atoms with Gasteiger partial charge in [0.2, 0.25) is 5.91 Å². The Morgan fingerprint density at radius 2 is 2.16 bits per heavy atom. The number of amides is 1. The van der Waals surface area contributed by atoms with Crippen molar-refractivity contribution in [1.29, 1.82) is 0 Å². The van der Waals surface area contributed by atoms with E-state index in [2.05, 4.69) is 20.7 Å². The van der Waals surface area contributed by atoms with Crippen molar-refractivity contribution < 1.29 is 19.1 Å². The molecule has 0 radical (unpaired) electrons. The normalized spacial score (nSPS) is 18.6. The summed E-state index contributed by atoms with van der Waals surface area (Å²) in [7, 11) is 2.88. The van der Waals surface area contributed by atoms with Gasteiger partial charge in [0.25, 0.3) is 0 Å². The van der Waals surface area contributed by atoms with Crippen LogP contribution in [0, 0.1) is 5.92 Å². The lowest BCUT2D eigenvalue weighted by atomic mass is 10.1. The third kappa shape index (κ3) is 2.73. The molecule has 1 unspecified atom stereocenters. The molecule has 1 saturated heterocycles. The van der Waals surface area contributed by atoms with Gasteiger partial charge >= 0.3 is 5.97 Å². The topological polar surface area (TPSA) is 55.8 Å². The van der Waals surface area contributed by atoms with Gasteiger partial charge in [-0.25, -0.2) is 0 Å². The lowest BCUT2D eigenvalue weighted by Crippen LogP contribution is -2.26. The van der Waals surface area contributed by atoms with Crippen LogP contribution < -0.4 is 9.64 Å². The van der Waals surface area contributed by atoms with E-state index < -0.39 is 5.92 Å². The summed E-state index contributed by atoms with van der Waals surface area (Å²) in [6, 6.07) is 5.41. The average Bonchev–Trinajstić information content (AvgIpc) is 2.79. The van der Waals surface area contributed by atoms with Crippen molar-refractivity contribution in [1.82, 2.24) is 0 Å². The molecular formula is C13H14BrNO4. The Kier molecular flexibility index (Phi) is 4.09. The third-order valence-electron chi connectivity index (χ3n) is 3.09. The number of hydrogen-bond donors (Lipinski definition) is 0. The highest BCUT2D eigenvalue weighted by molar-refractivity contribution is 9.10. The molecule has 0 bridgehead atoms. The number of esters is 1. The summed E-state index contributed by atoms with van der Waals surface area (Å²) in [5, 5.41) is 0. The molecule has 1 heterocycles. The molecule has 1 atom stereocenters. The first-order valence-electron chi connectivity index (χ1n) is 5.78. The highest BCUT2D eigenvalue weighted by Gasteiger charge is 2.36. The highest BCUT2D eigenvalue weighted by atomic mass is 79.9. The second-order valence-corrected chi connectivity index (χ2v) is 5.16. The van der Waals surface area contributed by atoms with E-state index >= 15 is 0 Å². The molecule has 1 aromatic rings. The first-order chi connectivity index (χ1) is 9.06. The molecule has 1 aliphatic heterocycles. The molecule has 1 fully saturated rings. The molecule has 2 rings (SSSR count). The first-order valence-corrected chi connectivity index (χ1v) is 6.58. The van der Waals surface area contributed by atoms with Crippen LogP contribution in [-0.4, -0.2) is 32.6 Å². The molecule has 0 N–H and O–H groups in total. The van der Waals surface area contributed by atoms with E-state index in [4.69, 9.17) is 4.74 Å². The zero-order valence-electron chi connectivity index (χ0n) is 10.7. The number of halogens is 1. The number of benzene rings is 1. The zero-order chi connectivity index (χ0) is 14.0. The molecule has 0 spiro atoms. The van der Waals surface area contributed by atoms with Crippen molar-refractivity contribution in [3.8, 4) is 5.75 Å². The molecule has 5 nitrogen and oxygen atoms in total. The standard InChI is InChI=1S/C13H14BrNO4/c1-18-11-4-3-9(14)6-10(11)15-7-8(5-12(15)16)13(17)19-2/h3-4,6,8H,5,7H2,1-2H3. The number of hydrogen-bond acceptors (Lipinski definition) is 4. The van der Waals surface area contributed by atoms with Crippen molar-refractivity contribution in [2.75, 3.05) is 25.7 Å². The number of rotatable bonds is 3. The maximum Gasteiger partial charge on any atom is 0.311 e. The van der Waals surface area contributed by atoms with E-state index in [0.29, 0.717) is 18.0 Å². The van der Waals surface area contributed by atoms with E-state index in [1.807, 2.05) is 6.07 Å². The Hall–Kier alpha value is -1.56. The van der Waals surface area contributed by atoms with Crippen LogP contribution in [-0.2, 0) is 14.3 Å². The van der Waals surface area contributed by atoms with Crippen LogP contribution in [0.5, 0.6) is 5.75 Å². The van der Waals surface area contributed by atoms with Crippen LogP contribution >= 0.6 is 15.9 Å². The number of methoxy groups -OCH3 is 2. The van der Waals surface area contributed by atoms with E-state index in [9.17, 15) is 9.59 Å². The fourth-order valence-electron chi connectivity index (χ4n) is 2.14. The molecule has 0 aliphatic carbocycles. The predicted molar refractivity (Wildman–Crippen MR) is 73.2 cm³/mol. The molecule has 1 amide bonds. The average molecular weight is 328 g/mol. The summed E-state index contributed by atoms with van der Waals surface area (Å²) in [4.78, 5) is 25.1. The summed E-state index contributed by atoms with van der Waals surface area (Å²) >= 11 is 3.37. The molecule has 0 saturated carbocycles. The van der Waals surface area contributed by atoms with Crippen molar-refractivity contribution in [2.24, 2.45) is 5.92 Å². The molecule has 6 heteroatoms. The third-order valence-corrected chi connectivity index (χ3v) is 3.58. The lowest BCUT2D eigenvalue weighted by molar-refractivity contribution is -0.145. The quantitative estimate of drug-likeness (QED) is 0.796. The monoisotopic (exact) mass is 327 g/mol. The molecule has 19 heavy (non-hydrogen) atoms. The highest BCUT2D eigenvalue weighted by Crippen LogP contribution is 2.35. The van der Waals surface area contributed by atoms with Gasteiger partial charge in [0.15, 0.2) is 0 Å². The second kappa shape index (κ2) is 5.61. The second-order valence-electron chi connectivity index (χ2n) is 4.24. The summed E-state index contributed by atoms with van der Waals surface area (Å²) in [6.45, 7) is 0.318. The maximum absolute atomic E-state index is 12.0. The fourth-order valence-corrected chi connectivity index (χ4v) is 2.49. The minimum absolute atomic E-state index is 0.105. The van der Waals surface area contributed by atoms with Crippen LogP contribution in [0.25, 0.3) is 0 Å². The lowest BCUT2D eigenvalue weighted by Gasteiger charge is -2.19. The minimum Gasteiger partial charge on any atom is -0.495 e.